The molecule has 4 nitrogen and oxygen atoms in total. The first kappa shape index (κ1) is 11.1. The van der Waals surface area contributed by atoms with Crippen LogP contribution in [0.2, 0.25) is 0 Å². The van der Waals surface area contributed by atoms with Gasteiger partial charge < -0.3 is 9.47 Å². The molecule has 19 heavy (non-hydrogen) atoms. The van der Waals surface area contributed by atoms with E-state index in [0.29, 0.717) is 13.2 Å². The maximum absolute atomic E-state index is 10.7. The Morgan fingerprint density at radius 1 is 1.11 bits per heavy atom. The van der Waals surface area contributed by atoms with Gasteiger partial charge in [0.1, 0.15) is 17.0 Å². The van der Waals surface area contributed by atoms with Crippen LogP contribution in [0.5, 0.6) is 11.5 Å². The van der Waals surface area contributed by atoms with E-state index < -0.39 is 0 Å². The molecule has 3 aliphatic rings. The molecule has 1 aromatic carbocycles. The van der Waals surface area contributed by atoms with Gasteiger partial charge >= 0.3 is 0 Å². The van der Waals surface area contributed by atoms with Crippen molar-refractivity contribution in [3.8, 4) is 11.5 Å². The zero-order valence-corrected chi connectivity index (χ0v) is 10.9. The summed E-state index contributed by atoms with van der Waals surface area (Å²) in [5, 5.41) is 0. The van der Waals surface area contributed by atoms with E-state index in [4.69, 9.17) is 9.47 Å². The second-order valence-electron chi connectivity index (χ2n) is 5.55. The van der Waals surface area contributed by atoms with Crippen molar-refractivity contribution < 1.29 is 14.3 Å². The molecular weight excluding hydrogens is 242 g/mol. The minimum Gasteiger partial charge on any atom is -0.493 e. The molecule has 1 fully saturated rings. The molecule has 2 aliphatic heterocycles. The van der Waals surface area contributed by atoms with Crippen molar-refractivity contribution in [1.29, 1.82) is 0 Å². The summed E-state index contributed by atoms with van der Waals surface area (Å²) in [6, 6.07) is 0. The number of fused-ring (bicyclic) bond motifs is 2. The van der Waals surface area contributed by atoms with Gasteiger partial charge in [0, 0.05) is 29.5 Å². The van der Waals surface area contributed by atoms with Gasteiger partial charge in [-0.1, -0.05) is 0 Å². The van der Waals surface area contributed by atoms with Crippen molar-refractivity contribution in [2.24, 2.45) is 4.99 Å². The Kier molecular flexibility index (Phi) is 2.10. The SMILES string of the molecule is Cc1c2c(c(C3(N=C=O)CC3)c3c1OCC3)OCC2. The smallest absolute Gasteiger partial charge is 0.235 e. The molecule has 1 aromatic rings. The highest BCUT2D eigenvalue weighted by molar-refractivity contribution is 5.65. The van der Waals surface area contributed by atoms with Crippen molar-refractivity contribution in [2.45, 2.75) is 38.1 Å². The Bertz CT molecular complexity index is 590. The molecule has 0 spiro atoms. The molecule has 0 radical (unpaired) electrons. The van der Waals surface area contributed by atoms with Gasteiger partial charge in [-0.2, -0.15) is 4.99 Å². The standard InChI is InChI=1S/C15H15NO3/c1-9-10-2-6-19-14(10)12(11-3-7-18-13(9)11)15(4-5-15)16-8-17/h2-7H2,1H3. The van der Waals surface area contributed by atoms with E-state index in [1.165, 1.54) is 16.7 Å². The van der Waals surface area contributed by atoms with Gasteiger partial charge in [0.05, 0.1) is 13.2 Å². The molecule has 0 saturated heterocycles. The van der Waals surface area contributed by atoms with Crippen LogP contribution < -0.4 is 9.47 Å². The number of hydrogen-bond donors (Lipinski definition) is 0. The highest BCUT2D eigenvalue weighted by Crippen LogP contribution is 2.58. The Morgan fingerprint density at radius 3 is 2.47 bits per heavy atom. The molecular formula is C15H15NO3. The number of isocyanates is 1. The number of benzene rings is 1. The van der Waals surface area contributed by atoms with Gasteiger partial charge in [-0.25, -0.2) is 4.79 Å². The predicted molar refractivity (Wildman–Crippen MR) is 68.6 cm³/mol. The fourth-order valence-electron chi connectivity index (χ4n) is 3.46. The number of nitrogens with zero attached hydrogens (tertiary/aromatic N) is 1. The molecule has 2 heterocycles. The Hall–Kier alpha value is -1.80. The summed E-state index contributed by atoms with van der Waals surface area (Å²) in [5.41, 5.74) is 4.38. The normalized spacial score (nSPS) is 20.9. The lowest BCUT2D eigenvalue weighted by atomic mass is 9.90. The monoisotopic (exact) mass is 257 g/mol. The zero-order chi connectivity index (χ0) is 13.0. The van der Waals surface area contributed by atoms with Crippen LogP contribution in [0, 0.1) is 6.92 Å². The molecule has 98 valence electrons. The third-order valence-electron chi connectivity index (χ3n) is 4.52. The van der Waals surface area contributed by atoms with Crippen LogP contribution in [0.25, 0.3) is 0 Å². The van der Waals surface area contributed by atoms with Crippen molar-refractivity contribution in [3.05, 3.63) is 22.3 Å². The fourth-order valence-corrected chi connectivity index (χ4v) is 3.46. The average Bonchev–Trinajstić information content (AvgIpc) is 2.85. The van der Waals surface area contributed by atoms with E-state index in [-0.39, 0.29) is 5.54 Å². The van der Waals surface area contributed by atoms with Gasteiger partial charge in [0.2, 0.25) is 6.08 Å². The molecule has 4 heteroatoms. The summed E-state index contributed by atoms with van der Waals surface area (Å²) in [6.07, 6.45) is 5.37. The topological polar surface area (TPSA) is 47.9 Å². The second kappa shape index (κ2) is 3.61. The lowest BCUT2D eigenvalue weighted by Gasteiger charge is -2.19. The molecule has 0 aromatic heterocycles. The summed E-state index contributed by atoms with van der Waals surface area (Å²) in [6.45, 7) is 3.53. The van der Waals surface area contributed by atoms with Gasteiger partial charge in [-0.15, -0.1) is 0 Å². The predicted octanol–water partition coefficient (Wildman–Crippen LogP) is 2.19. The molecule has 1 saturated carbocycles. The van der Waals surface area contributed by atoms with Crippen molar-refractivity contribution in [3.63, 3.8) is 0 Å². The van der Waals surface area contributed by atoms with Gasteiger partial charge in [0.15, 0.2) is 0 Å². The second-order valence-corrected chi connectivity index (χ2v) is 5.55. The maximum Gasteiger partial charge on any atom is 0.235 e. The Labute approximate surface area is 111 Å². The fraction of sp³-hybridized carbons (Fsp3) is 0.533. The van der Waals surface area contributed by atoms with Gasteiger partial charge in [-0.3, -0.25) is 0 Å². The molecule has 0 N–H and O–H groups in total. The first-order valence-corrected chi connectivity index (χ1v) is 6.80. The molecule has 4 rings (SSSR count). The summed E-state index contributed by atoms with van der Waals surface area (Å²) in [7, 11) is 0. The van der Waals surface area contributed by atoms with E-state index in [2.05, 4.69) is 11.9 Å². The molecule has 0 amide bonds. The van der Waals surface area contributed by atoms with Crippen molar-refractivity contribution in [1.82, 2.24) is 0 Å². The summed E-state index contributed by atoms with van der Waals surface area (Å²) < 4.78 is 11.7. The molecule has 0 bridgehead atoms. The van der Waals surface area contributed by atoms with Crippen molar-refractivity contribution in [2.75, 3.05) is 13.2 Å². The van der Waals surface area contributed by atoms with Crippen LogP contribution >= 0.6 is 0 Å². The highest BCUT2D eigenvalue weighted by Gasteiger charge is 2.50. The van der Waals surface area contributed by atoms with E-state index in [9.17, 15) is 4.79 Å². The number of rotatable bonds is 2. The van der Waals surface area contributed by atoms with Crippen LogP contribution in [-0.2, 0) is 23.2 Å². The molecule has 0 atom stereocenters. The number of ether oxygens (including phenoxy) is 2. The lowest BCUT2D eigenvalue weighted by molar-refractivity contribution is 0.350. The summed E-state index contributed by atoms with van der Waals surface area (Å²) in [4.78, 5) is 14.8. The maximum atomic E-state index is 10.7. The lowest BCUT2D eigenvalue weighted by Crippen LogP contribution is -2.09. The summed E-state index contributed by atoms with van der Waals surface area (Å²) >= 11 is 0. The van der Waals surface area contributed by atoms with Gasteiger partial charge in [0.25, 0.3) is 0 Å². The van der Waals surface area contributed by atoms with Crippen LogP contribution in [0.15, 0.2) is 4.99 Å². The van der Waals surface area contributed by atoms with Crippen LogP contribution in [-0.4, -0.2) is 19.3 Å². The molecule has 1 aliphatic carbocycles. The minimum atomic E-state index is -0.373. The van der Waals surface area contributed by atoms with Crippen molar-refractivity contribution >= 4 is 6.08 Å². The first-order chi connectivity index (χ1) is 9.27. The number of aliphatic imine (C=N–C) groups is 1. The molecule has 0 unspecified atom stereocenters. The number of hydrogen-bond acceptors (Lipinski definition) is 4. The van der Waals surface area contributed by atoms with E-state index in [0.717, 1.165) is 42.7 Å². The third-order valence-corrected chi connectivity index (χ3v) is 4.52. The zero-order valence-electron chi connectivity index (χ0n) is 10.9. The quantitative estimate of drug-likeness (QED) is 0.602. The van der Waals surface area contributed by atoms with E-state index >= 15 is 0 Å². The van der Waals surface area contributed by atoms with E-state index in [1.54, 1.807) is 6.08 Å². The number of carbonyl (C=O) groups excluding carboxylic acids is 1. The first-order valence-electron chi connectivity index (χ1n) is 6.80. The van der Waals surface area contributed by atoms with Crippen LogP contribution in [0.1, 0.15) is 35.1 Å². The Morgan fingerprint density at radius 2 is 1.79 bits per heavy atom. The largest absolute Gasteiger partial charge is 0.493 e. The highest BCUT2D eigenvalue weighted by atomic mass is 16.5. The van der Waals surface area contributed by atoms with E-state index in [1.807, 2.05) is 0 Å². The van der Waals surface area contributed by atoms with Crippen LogP contribution in [0.4, 0.5) is 0 Å². The average molecular weight is 257 g/mol. The summed E-state index contributed by atoms with van der Waals surface area (Å²) in [5.74, 6) is 1.98. The third kappa shape index (κ3) is 1.35. The van der Waals surface area contributed by atoms with Crippen LogP contribution in [0.3, 0.4) is 0 Å². The Balaban J connectivity index is 2.03. The minimum absolute atomic E-state index is 0.373. The van der Waals surface area contributed by atoms with Gasteiger partial charge in [-0.05, 0) is 25.3 Å².